The number of anilines is 3. The molecule has 13 aromatic rings. The summed E-state index contributed by atoms with van der Waals surface area (Å²) in [5, 5.41) is 7.03. The van der Waals surface area contributed by atoms with Crippen LogP contribution in [0.5, 0.6) is 0 Å². The van der Waals surface area contributed by atoms with Crippen molar-refractivity contribution in [2.75, 3.05) is 4.90 Å². The summed E-state index contributed by atoms with van der Waals surface area (Å²) in [4.78, 5) is 2.44. The molecule has 0 saturated heterocycles. The van der Waals surface area contributed by atoms with Gasteiger partial charge in [-0.05, 0) is 105 Å². The van der Waals surface area contributed by atoms with Crippen molar-refractivity contribution in [3.63, 3.8) is 0 Å². The van der Waals surface area contributed by atoms with Gasteiger partial charge in [-0.25, -0.2) is 0 Å². The van der Waals surface area contributed by atoms with Gasteiger partial charge in [-0.2, -0.15) is 0 Å². The zero-order valence-corrected chi connectivity index (χ0v) is 36.6. The fraction of sp³-hybridized carbons (Fsp3) is 0. The maximum Gasteiger partial charge on any atom is 0.145 e. The molecular weight excluding hydrogens is 813 g/mol. The molecule has 3 nitrogen and oxygen atoms in total. The highest BCUT2D eigenvalue weighted by Crippen LogP contribution is 2.50. The van der Waals surface area contributed by atoms with Crippen molar-refractivity contribution in [2.45, 2.75) is 0 Å². The van der Waals surface area contributed by atoms with E-state index in [4.69, 9.17) is 4.42 Å². The normalized spacial score (nSPS) is 11.6. The number of hydrogen-bond acceptors (Lipinski definition) is 2. The standard InChI is InChI=1S/C64H42N2O/c1-3-17-43(18-4-1)49-35-39-60(56(42-49)46-20-5-2-6-21-46)65(50-36-33-45(34-37-50)48-32-31-44-19-7-8-22-47(44)41-48)61-40-38-54(64-63(61)55-26-12-16-30-62(55)67-64)53-25-11-15-29-59(53)66-57-27-13-9-23-51(57)52-24-10-14-28-58(52)66/h1-42H. The van der Waals surface area contributed by atoms with E-state index in [-0.39, 0.29) is 0 Å². The van der Waals surface area contributed by atoms with Crippen molar-refractivity contribution in [1.29, 1.82) is 0 Å². The monoisotopic (exact) mass is 854 g/mol. The third kappa shape index (κ3) is 6.51. The molecule has 0 aliphatic heterocycles. The minimum absolute atomic E-state index is 0.840. The minimum atomic E-state index is 0.840. The second-order valence-corrected chi connectivity index (χ2v) is 17.2. The van der Waals surface area contributed by atoms with Gasteiger partial charge < -0.3 is 13.9 Å². The topological polar surface area (TPSA) is 21.3 Å². The lowest BCUT2D eigenvalue weighted by atomic mass is 9.94. The van der Waals surface area contributed by atoms with Crippen LogP contribution in [-0.4, -0.2) is 4.57 Å². The van der Waals surface area contributed by atoms with E-state index in [9.17, 15) is 0 Å². The summed E-state index contributed by atoms with van der Waals surface area (Å²) in [6, 6.07) is 91.9. The highest BCUT2D eigenvalue weighted by molar-refractivity contribution is 6.18. The molecule has 0 unspecified atom stereocenters. The number of hydrogen-bond donors (Lipinski definition) is 0. The van der Waals surface area contributed by atoms with Crippen LogP contribution in [0, 0.1) is 0 Å². The molecule has 0 spiro atoms. The highest BCUT2D eigenvalue weighted by Gasteiger charge is 2.26. The minimum Gasteiger partial charge on any atom is -0.455 e. The first-order valence-corrected chi connectivity index (χ1v) is 22.9. The summed E-state index contributed by atoms with van der Waals surface area (Å²) in [7, 11) is 0. The lowest BCUT2D eigenvalue weighted by molar-refractivity contribution is 0.670. The molecule has 11 aromatic carbocycles. The molecule has 3 heteroatoms. The van der Waals surface area contributed by atoms with Crippen LogP contribution < -0.4 is 4.90 Å². The lowest BCUT2D eigenvalue weighted by Crippen LogP contribution is -2.12. The van der Waals surface area contributed by atoms with Crippen LogP contribution in [0.25, 0.3) is 105 Å². The molecule has 0 saturated carbocycles. The van der Waals surface area contributed by atoms with Gasteiger partial charge in [0.05, 0.1) is 33.5 Å². The van der Waals surface area contributed by atoms with Crippen LogP contribution in [0.2, 0.25) is 0 Å². The Morgan fingerprint density at radius 3 is 1.64 bits per heavy atom. The fourth-order valence-electron chi connectivity index (χ4n) is 10.3. The molecule has 0 bridgehead atoms. The smallest absolute Gasteiger partial charge is 0.145 e. The zero-order valence-electron chi connectivity index (χ0n) is 36.6. The van der Waals surface area contributed by atoms with Crippen molar-refractivity contribution < 1.29 is 4.42 Å². The number of benzene rings is 11. The van der Waals surface area contributed by atoms with Crippen LogP contribution in [-0.2, 0) is 0 Å². The molecule has 0 aliphatic carbocycles. The Balaban J connectivity index is 1.07. The number of aromatic nitrogens is 1. The Kier molecular flexibility index (Phi) is 9.17. The Labute approximate surface area is 388 Å². The van der Waals surface area contributed by atoms with E-state index in [1.165, 1.54) is 43.7 Å². The predicted molar refractivity (Wildman–Crippen MR) is 282 cm³/mol. The van der Waals surface area contributed by atoms with Crippen molar-refractivity contribution in [3.05, 3.63) is 255 Å². The van der Waals surface area contributed by atoms with Gasteiger partial charge in [0.1, 0.15) is 11.2 Å². The maximum absolute atomic E-state index is 7.12. The summed E-state index contributed by atoms with van der Waals surface area (Å²) in [6.45, 7) is 0. The van der Waals surface area contributed by atoms with Gasteiger partial charge in [0.25, 0.3) is 0 Å². The summed E-state index contributed by atoms with van der Waals surface area (Å²) in [5.41, 5.74) is 17.3. The van der Waals surface area contributed by atoms with Crippen LogP contribution >= 0.6 is 0 Å². The third-order valence-electron chi connectivity index (χ3n) is 13.4. The summed E-state index contributed by atoms with van der Waals surface area (Å²) in [6.07, 6.45) is 0. The molecule has 2 aromatic heterocycles. The van der Waals surface area contributed by atoms with Gasteiger partial charge in [-0.3, -0.25) is 0 Å². The van der Waals surface area contributed by atoms with Gasteiger partial charge in [-0.1, -0.05) is 188 Å². The molecule has 0 N–H and O–H groups in total. The number of furan rings is 1. The molecule has 0 aliphatic rings. The molecular formula is C64H42N2O. The number of nitrogens with zero attached hydrogens (tertiary/aromatic N) is 2. The number of rotatable bonds is 8. The molecule has 2 heterocycles. The van der Waals surface area contributed by atoms with Gasteiger partial charge in [0, 0.05) is 38.5 Å². The molecule has 0 fully saturated rings. The van der Waals surface area contributed by atoms with E-state index in [1.54, 1.807) is 0 Å². The van der Waals surface area contributed by atoms with Crippen molar-refractivity contribution in [3.8, 4) is 50.2 Å². The first-order valence-electron chi connectivity index (χ1n) is 22.9. The fourth-order valence-corrected chi connectivity index (χ4v) is 10.3. The van der Waals surface area contributed by atoms with Gasteiger partial charge in [-0.15, -0.1) is 0 Å². The average Bonchev–Trinajstić information content (AvgIpc) is 3.96. The largest absolute Gasteiger partial charge is 0.455 e. The van der Waals surface area contributed by atoms with Crippen molar-refractivity contribution >= 4 is 71.6 Å². The van der Waals surface area contributed by atoms with Crippen molar-refractivity contribution in [2.24, 2.45) is 0 Å². The summed E-state index contributed by atoms with van der Waals surface area (Å²) < 4.78 is 9.52. The first-order chi connectivity index (χ1) is 33.2. The van der Waals surface area contributed by atoms with E-state index in [2.05, 4.69) is 264 Å². The molecule has 13 rings (SSSR count). The van der Waals surface area contributed by atoms with Crippen molar-refractivity contribution in [1.82, 2.24) is 4.57 Å². The van der Waals surface area contributed by atoms with E-state index < -0.39 is 0 Å². The van der Waals surface area contributed by atoms with E-state index in [0.717, 1.165) is 78.1 Å². The van der Waals surface area contributed by atoms with Crippen LogP contribution in [0.4, 0.5) is 17.1 Å². The highest BCUT2D eigenvalue weighted by atomic mass is 16.3. The van der Waals surface area contributed by atoms with Gasteiger partial charge in [0.2, 0.25) is 0 Å². The average molecular weight is 855 g/mol. The third-order valence-corrected chi connectivity index (χ3v) is 13.4. The van der Waals surface area contributed by atoms with Gasteiger partial charge in [0.15, 0.2) is 0 Å². The Morgan fingerprint density at radius 1 is 0.328 bits per heavy atom. The molecule has 0 radical (unpaired) electrons. The van der Waals surface area contributed by atoms with E-state index in [0.29, 0.717) is 0 Å². The molecule has 0 amide bonds. The second-order valence-electron chi connectivity index (χ2n) is 17.2. The van der Waals surface area contributed by atoms with E-state index >= 15 is 0 Å². The number of para-hydroxylation sites is 4. The van der Waals surface area contributed by atoms with Gasteiger partial charge >= 0.3 is 0 Å². The molecule has 0 atom stereocenters. The summed E-state index contributed by atoms with van der Waals surface area (Å²) in [5.74, 6) is 0. The maximum atomic E-state index is 7.12. The number of fused-ring (bicyclic) bond motifs is 7. The SMILES string of the molecule is c1ccc(-c2ccc(N(c3ccc(-c4ccc5ccccc5c4)cc3)c3ccc(-c4ccccc4-n4c5ccccc5c5ccccc54)c4oc5ccccc5c34)c(-c3ccccc3)c2)cc1. The predicted octanol–water partition coefficient (Wildman–Crippen LogP) is 18.0. The summed E-state index contributed by atoms with van der Waals surface area (Å²) >= 11 is 0. The molecule has 314 valence electrons. The lowest BCUT2D eigenvalue weighted by Gasteiger charge is -2.29. The van der Waals surface area contributed by atoms with Crippen LogP contribution in [0.3, 0.4) is 0 Å². The van der Waals surface area contributed by atoms with Crippen LogP contribution in [0.1, 0.15) is 0 Å². The Morgan fingerprint density at radius 2 is 0.881 bits per heavy atom. The Bertz CT molecular complexity index is 3920. The second kappa shape index (κ2) is 16.0. The molecule has 67 heavy (non-hydrogen) atoms. The Hall–Kier alpha value is -8.92. The first kappa shape index (κ1) is 38.5. The van der Waals surface area contributed by atoms with E-state index in [1.807, 2.05) is 0 Å². The quantitative estimate of drug-likeness (QED) is 0.152. The zero-order chi connectivity index (χ0) is 44.3. The van der Waals surface area contributed by atoms with Crippen LogP contribution in [0.15, 0.2) is 259 Å².